The number of aliphatic carboxylic acids is 1. The number of hydrogen-bond donors (Lipinski definition) is 2. The summed E-state index contributed by atoms with van der Waals surface area (Å²) in [5.74, 6) is -1.38. The van der Waals surface area contributed by atoms with Crippen molar-refractivity contribution < 1.29 is 14.7 Å². The number of carboxylic acids is 1. The minimum Gasteiger partial charge on any atom is -0.481 e. The van der Waals surface area contributed by atoms with E-state index in [2.05, 4.69) is 15.3 Å². The second-order valence-corrected chi connectivity index (χ2v) is 4.15. The lowest BCUT2D eigenvalue weighted by Crippen LogP contribution is -2.33. The van der Waals surface area contributed by atoms with E-state index in [0.29, 0.717) is 24.8 Å². The highest BCUT2D eigenvalue weighted by molar-refractivity contribution is 5.93. The molecule has 1 heterocycles. The molecule has 2 N–H and O–H groups in total. The summed E-state index contributed by atoms with van der Waals surface area (Å²) in [5, 5.41) is 11.6. The molecule has 1 aromatic heterocycles. The van der Waals surface area contributed by atoms with E-state index in [1.165, 1.54) is 18.7 Å². The van der Waals surface area contributed by atoms with Gasteiger partial charge in [0, 0.05) is 18.4 Å². The van der Waals surface area contributed by atoms with Crippen LogP contribution in [0.5, 0.6) is 0 Å². The number of rotatable bonds is 3. The van der Waals surface area contributed by atoms with Crippen molar-refractivity contribution in [2.75, 3.05) is 0 Å². The Bertz CT molecular complexity index is 421. The fourth-order valence-corrected chi connectivity index (χ4v) is 2.02. The molecule has 2 atom stereocenters. The van der Waals surface area contributed by atoms with Gasteiger partial charge >= 0.3 is 5.97 Å². The van der Waals surface area contributed by atoms with E-state index in [4.69, 9.17) is 5.11 Å². The van der Waals surface area contributed by atoms with Crippen molar-refractivity contribution in [1.29, 1.82) is 0 Å². The standard InChI is InChI=1S/C11H13N3O3/c15-10(8-4-12-6-13-5-8)14-9-2-1-7(3-9)11(16)17/h4-7,9H,1-3H2,(H,14,15)(H,16,17)/t7-,9+/m1/s1. The third-order valence-electron chi connectivity index (χ3n) is 2.94. The zero-order chi connectivity index (χ0) is 12.3. The SMILES string of the molecule is O=C(N[C@H]1CC[C@@H](C(=O)O)C1)c1cncnc1. The largest absolute Gasteiger partial charge is 0.481 e. The van der Waals surface area contributed by atoms with E-state index >= 15 is 0 Å². The van der Waals surface area contributed by atoms with Gasteiger partial charge in [0.05, 0.1) is 11.5 Å². The molecule has 6 nitrogen and oxygen atoms in total. The number of carboxylic acid groups (broad SMARTS) is 1. The lowest BCUT2D eigenvalue weighted by Gasteiger charge is -2.11. The molecular weight excluding hydrogens is 222 g/mol. The summed E-state index contributed by atoms with van der Waals surface area (Å²) in [6.45, 7) is 0. The quantitative estimate of drug-likeness (QED) is 0.794. The summed E-state index contributed by atoms with van der Waals surface area (Å²) in [4.78, 5) is 30.0. The van der Waals surface area contributed by atoms with Crippen LogP contribution in [0.1, 0.15) is 29.6 Å². The first-order chi connectivity index (χ1) is 8.16. The minimum absolute atomic E-state index is 0.0659. The van der Waals surface area contributed by atoms with Gasteiger partial charge in [0.25, 0.3) is 5.91 Å². The van der Waals surface area contributed by atoms with Crippen LogP contribution in [-0.4, -0.2) is 33.0 Å². The van der Waals surface area contributed by atoms with Gasteiger partial charge in [-0.15, -0.1) is 0 Å². The molecule has 0 unspecified atom stereocenters. The van der Waals surface area contributed by atoms with Gasteiger partial charge in [-0.3, -0.25) is 9.59 Å². The predicted molar refractivity (Wildman–Crippen MR) is 58.3 cm³/mol. The Morgan fingerprint density at radius 3 is 2.59 bits per heavy atom. The Balaban J connectivity index is 1.91. The first kappa shape index (κ1) is 11.5. The molecule has 2 rings (SSSR count). The van der Waals surface area contributed by atoms with Crippen molar-refractivity contribution in [2.45, 2.75) is 25.3 Å². The Morgan fingerprint density at radius 1 is 1.29 bits per heavy atom. The van der Waals surface area contributed by atoms with Gasteiger partial charge in [0.15, 0.2) is 0 Å². The lowest BCUT2D eigenvalue weighted by atomic mass is 10.1. The van der Waals surface area contributed by atoms with Crippen LogP contribution in [0.15, 0.2) is 18.7 Å². The molecule has 0 spiro atoms. The fourth-order valence-electron chi connectivity index (χ4n) is 2.02. The maximum Gasteiger partial charge on any atom is 0.306 e. The van der Waals surface area contributed by atoms with Crippen molar-refractivity contribution in [1.82, 2.24) is 15.3 Å². The lowest BCUT2D eigenvalue weighted by molar-refractivity contribution is -0.141. The normalized spacial score (nSPS) is 23.3. The predicted octanol–water partition coefficient (Wildman–Crippen LogP) is 0.460. The summed E-state index contributed by atoms with van der Waals surface area (Å²) in [7, 11) is 0. The van der Waals surface area contributed by atoms with Gasteiger partial charge in [-0.25, -0.2) is 9.97 Å². The Hall–Kier alpha value is -1.98. The zero-order valence-corrected chi connectivity index (χ0v) is 9.17. The summed E-state index contributed by atoms with van der Waals surface area (Å²) in [6.07, 6.45) is 6.04. The number of hydrogen-bond acceptors (Lipinski definition) is 4. The maximum atomic E-state index is 11.7. The highest BCUT2D eigenvalue weighted by atomic mass is 16.4. The highest BCUT2D eigenvalue weighted by Gasteiger charge is 2.30. The third-order valence-corrected chi connectivity index (χ3v) is 2.94. The van der Waals surface area contributed by atoms with Gasteiger partial charge in [-0.05, 0) is 19.3 Å². The van der Waals surface area contributed by atoms with E-state index in [9.17, 15) is 9.59 Å². The van der Waals surface area contributed by atoms with Crippen molar-refractivity contribution >= 4 is 11.9 Å². The van der Waals surface area contributed by atoms with Gasteiger partial charge in [-0.1, -0.05) is 0 Å². The van der Waals surface area contributed by atoms with Crippen molar-refractivity contribution in [3.63, 3.8) is 0 Å². The Kier molecular flexibility index (Phi) is 3.32. The Morgan fingerprint density at radius 2 is 2.00 bits per heavy atom. The molecule has 0 saturated heterocycles. The monoisotopic (exact) mass is 235 g/mol. The zero-order valence-electron chi connectivity index (χ0n) is 9.17. The van der Waals surface area contributed by atoms with Gasteiger partial charge in [0.1, 0.15) is 6.33 Å². The second kappa shape index (κ2) is 4.90. The Labute approximate surface area is 98.1 Å². The van der Waals surface area contributed by atoms with Crippen LogP contribution in [-0.2, 0) is 4.79 Å². The smallest absolute Gasteiger partial charge is 0.306 e. The maximum absolute atomic E-state index is 11.7. The molecule has 1 saturated carbocycles. The van der Waals surface area contributed by atoms with E-state index in [1.54, 1.807) is 0 Å². The molecule has 0 aromatic carbocycles. The molecular formula is C11H13N3O3. The number of nitrogens with one attached hydrogen (secondary N) is 1. The van der Waals surface area contributed by atoms with Crippen LogP contribution in [0.2, 0.25) is 0 Å². The molecule has 0 radical (unpaired) electrons. The molecule has 6 heteroatoms. The molecule has 1 amide bonds. The first-order valence-corrected chi connectivity index (χ1v) is 5.45. The molecule has 1 aliphatic rings. The van der Waals surface area contributed by atoms with Crippen molar-refractivity contribution in [3.8, 4) is 0 Å². The van der Waals surface area contributed by atoms with Gasteiger partial charge < -0.3 is 10.4 Å². The average molecular weight is 235 g/mol. The number of carbonyl (C=O) groups excluding carboxylic acids is 1. The second-order valence-electron chi connectivity index (χ2n) is 4.15. The van der Waals surface area contributed by atoms with Crippen LogP contribution in [0.3, 0.4) is 0 Å². The highest BCUT2D eigenvalue weighted by Crippen LogP contribution is 2.25. The van der Waals surface area contributed by atoms with Crippen molar-refractivity contribution in [2.24, 2.45) is 5.92 Å². The molecule has 1 aliphatic carbocycles. The average Bonchev–Trinajstić information content (AvgIpc) is 2.79. The first-order valence-electron chi connectivity index (χ1n) is 5.45. The minimum atomic E-state index is -0.787. The number of aromatic nitrogens is 2. The van der Waals surface area contributed by atoms with E-state index < -0.39 is 5.97 Å². The van der Waals surface area contributed by atoms with Gasteiger partial charge in [-0.2, -0.15) is 0 Å². The summed E-state index contributed by atoms with van der Waals surface area (Å²) in [5.41, 5.74) is 0.395. The topological polar surface area (TPSA) is 92.2 Å². The summed E-state index contributed by atoms with van der Waals surface area (Å²) in [6, 6.07) is -0.0659. The van der Waals surface area contributed by atoms with E-state index in [-0.39, 0.29) is 17.9 Å². The van der Waals surface area contributed by atoms with Crippen LogP contribution in [0, 0.1) is 5.92 Å². The number of nitrogens with zero attached hydrogens (tertiary/aromatic N) is 2. The summed E-state index contributed by atoms with van der Waals surface area (Å²) >= 11 is 0. The van der Waals surface area contributed by atoms with Crippen LogP contribution >= 0.6 is 0 Å². The third kappa shape index (κ3) is 2.77. The molecule has 1 fully saturated rings. The van der Waals surface area contributed by atoms with Crippen molar-refractivity contribution in [3.05, 3.63) is 24.3 Å². The van der Waals surface area contributed by atoms with Gasteiger partial charge in [0.2, 0.25) is 0 Å². The summed E-state index contributed by atoms with van der Waals surface area (Å²) < 4.78 is 0. The molecule has 17 heavy (non-hydrogen) atoms. The van der Waals surface area contributed by atoms with Crippen LogP contribution in [0.4, 0.5) is 0 Å². The number of amides is 1. The molecule has 90 valence electrons. The number of carbonyl (C=O) groups is 2. The van der Waals surface area contributed by atoms with E-state index in [1.807, 2.05) is 0 Å². The molecule has 1 aromatic rings. The van der Waals surface area contributed by atoms with E-state index in [0.717, 1.165) is 0 Å². The van der Waals surface area contributed by atoms with Crippen LogP contribution < -0.4 is 5.32 Å². The van der Waals surface area contributed by atoms with Crippen LogP contribution in [0.25, 0.3) is 0 Å². The fraction of sp³-hybridized carbons (Fsp3) is 0.455. The molecule has 0 bridgehead atoms. The molecule has 0 aliphatic heterocycles.